The van der Waals surface area contributed by atoms with E-state index in [0.717, 1.165) is 45.2 Å². The molecule has 282 valence electrons. The predicted molar refractivity (Wildman–Crippen MR) is 259 cm³/mol. The molecule has 10 aromatic carbocycles. The lowest BCUT2D eigenvalue weighted by Gasteiger charge is -2.27. The van der Waals surface area contributed by atoms with Crippen LogP contribution in [0.1, 0.15) is 0 Å². The number of hydrogen-bond acceptors (Lipinski definition) is 3. The van der Waals surface area contributed by atoms with Gasteiger partial charge in [-0.15, -0.1) is 11.3 Å². The molecule has 3 nitrogen and oxygen atoms in total. The number of hydrogen-bond donors (Lipinski definition) is 1. The van der Waals surface area contributed by atoms with Crippen LogP contribution < -0.4 is 9.80 Å². The minimum atomic E-state index is 1.11. The standard InChI is InChI=1S/C56H37N3S/c1-3-17-42(18-4-1)58(43-19-5-2-6-20-43)46-28-30-50-49-29-25-41(33-54(49)60-55(50)36-46)51-34-47(35-52-48-21-11-12-22-53(48)57-56(51)52)59(44-26-23-37-13-7-9-15-39(37)31-44)45-27-24-38-14-8-10-16-40(38)32-45/h1-36,57H. The van der Waals surface area contributed by atoms with E-state index in [-0.39, 0.29) is 0 Å². The van der Waals surface area contributed by atoms with Crippen molar-refractivity contribution in [3.8, 4) is 11.1 Å². The molecule has 0 saturated heterocycles. The topological polar surface area (TPSA) is 22.3 Å². The van der Waals surface area contributed by atoms with E-state index < -0.39 is 0 Å². The van der Waals surface area contributed by atoms with E-state index in [9.17, 15) is 0 Å². The number of rotatable bonds is 7. The third-order valence-corrected chi connectivity index (χ3v) is 13.0. The fraction of sp³-hybridized carbons (Fsp3) is 0. The van der Waals surface area contributed by atoms with Gasteiger partial charge in [-0.1, -0.05) is 133 Å². The summed E-state index contributed by atoms with van der Waals surface area (Å²) in [5, 5.41) is 9.83. The maximum atomic E-state index is 3.84. The average Bonchev–Trinajstić information content (AvgIpc) is 3.87. The molecule has 0 saturated carbocycles. The van der Waals surface area contributed by atoms with Crippen LogP contribution in [-0.4, -0.2) is 4.98 Å². The van der Waals surface area contributed by atoms with Crippen molar-refractivity contribution < 1.29 is 0 Å². The molecular weight excluding hydrogens is 747 g/mol. The molecule has 12 aromatic rings. The number of anilines is 6. The highest BCUT2D eigenvalue weighted by Crippen LogP contribution is 2.46. The molecule has 0 aliphatic heterocycles. The van der Waals surface area contributed by atoms with Crippen molar-refractivity contribution in [1.29, 1.82) is 0 Å². The first-order valence-electron chi connectivity index (χ1n) is 20.4. The summed E-state index contributed by atoms with van der Waals surface area (Å²) in [5.41, 5.74) is 11.4. The van der Waals surface area contributed by atoms with E-state index in [2.05, 4.69) is 233 Å². The summed E-state index contributed by atoms with van der Waals surface area (Å²) in [6, 6.07) is 79.5. The number of fused-ring (bicyclic) bond motifs is 8. The molecule has 0 aliphatic carbocycles. The number of nitrogens with one attached hydrogen (secondary N) is 1. The average molecular weight is 784 g/mol. The van der Waals surface area contributed by atoms with Gasteiger partial charge in [-0.2, -0.15) is 0 Å². The van der Waals surface area contributed by atoms with E-state index in [1.807, 2.05) is 11.3 Å². The van der Waals surface area contributed by atoms with Crippen molar-refractivity contribution in [3.05, 3.63) is 218 Å². The Morgan fingerprint density at radius 1 is 0.317 bits per heavy atom. The van der Waals surface area contributed by atoms with Crippen molar-refractivity contribution in [3.63, 3.8) is 0 Å². The van der Waals surface area contributed by atoms with Crippen LogP contribution in [0.4, 0.5) is 34.1 Å². The van der Waals surface area contributed by atoms with Crippen LogP contribution in [0.15, 0.2) is 218 Å². The number of benzene rings is 10. The van der Waals surface area contributed by atoms with Gasteiger partial charge in [0, 0.05) is 76.1 Å². The summed E-state index contributed by atoms with van der Waals surface area (Å²) in [5.74, 6) is 0. The molecule has 60 heavy (non-hydrogen) atoms. The molecule has 2 heterocycles. The zero-order valence-corrected chi connectivity index (χ0v) is 33.4. The highest BCUT2D eigenvalue weighted by Gasteiger charge is 2.20. The Morgan fingerprint density at radius 2 is 0.833 bits per heavy atom. The second-order valence-corrected chi connectivity index (χ2v) is 16.6. The molecule has 0 amide bonds. The number of aromatic amines is 1. The first kappa shape index (κ1) is 34.4. The van der Waals surface area contributed by atoms with Crippen LogP contribution >= 0.6 is 11.3 Å². The zero-order valence-electron chi connectivity index (χ0n) is 32.6. The molecule has 0 radical (unpaired) electrons. The van der Waals surface area contributed by atoms with Crippen LogP contribution in [-0.2, 0) is 0 Å². The fourth-order valence-corrected chi connectivity index (χ4v) is 10.2. The van der Waals surface area contributed by atoms with Crippen molar-refractivity contribution in [2.24, 2.45) is 0 Å². The van der Waals surface area contributed by atoms with Crippen LogP contribution in [0.3, 0.4) is 0 Å². The zero-order chi connectivity index (χ0) is 39.6. The van der Waals surface area contributed by atoms with Crippen molar-refractivity contribution >= 4 is 109 Å². The van der Waals surface area contributed by atoms with Gasteiger partial charge in [0.05, 0.1) is 5.52 Å². The summed E-state index contributed by atoms with van der Waals surface area (Å²) in [4.78, 5) is 8.61. The lowest BCUT2D eigenvalue weighted by molar-refractivity contribution is 1.29. The van der Waals surface area contributed by atoms with Gasteiger partial charge in [0.1, 0.15) is 0 Å². The summed E-state index contributed by atoms with van der Waals surface area (Å²) in [6.07, 6.45) is 0. The molecule has 12 rings (SSSR count). The molecule has 1 N–H and O–H groups in total. The molecule has 0 aliphatic rings. The van der Waals surface area contributed by atoms with Gasteiger partial charge in [0.15, 0.2) is 0 Å². The summed E-state index contributed by atoms with van der Waals surface area (Å²) < 4.78 is 2.53. The van der Waals surface area contributed by atoms with Crippen molar-refractivity contribution in [2.75, 3.05) is 9.80 Å². The third-order valence-electron chi connectivity index (χ3n) is 11.9. The monoisotopic (exact) mass is 783 g/mol. The van der Waals surface area contributed by atoms with E-state index in [1.165, 1.54) is 63.6 Å². The largest absolute Gasteiger partial charge is 0.354 e. The molecular formula is C56H37N3S. The number of thiophene rings is 1. The smallest absolute Gasteiger partial charge is 0.0546 e. The second kappa shape index (κ2) is 14.0. The number of H-pyrrole nitrogens is 1. The quantitative estimate of drug-likeness (QED) is 0.174. The Balaban J connectivity index is 1.05. The number of para-hydroxylation sites is 3. The Morgan fingerprint density at radius 3 is 1.50 bits per heavy atom. The third kappa shape index (κ3) is 5.80. The van der Waals surface area contributed by atoms with Crippen molar-refractivity contribution in [2.45, 2.75) is 0 Å². The summed E-state index contributed by atoms with van der Waals surface area (Å²) in [7, 11) is 0. The van der Waals surface area contributed by atoms with Gasteiger partial charge in [0.2, 0.25) is 0 Å². The predicted octanol–water partition coefficient (Wildman–Crippen LogP) is 16.6. The molecule has 4 heteroatoms. The van der Waals surface area contributed by atoms with E-state index >= 15 is 0 Å². The molecule has 0 unspecified atom stereocenters. The maximum absolute atomic E-state index is 3.84. The van der Waals surface area contributed by atoms with Gasteiger partial charge in [-0.25, -0.2) is 0 Å². The fourth-order valence-electron chi connectivity index (χ4n) is 9.04. The Labute approximate surface area is 351 Å². The first-order chi connectivity index (χ1) is 29.7. The van der Waals surface area contributed by atoms with Gasteiger partial charge < -0.3 is 14.8 Å². The highest BCUT2D eigenvalue weighted by molar-refractivity contribution is 7.25. The Kier molecular flexibility index (Phi) is 8.03. The molecule has 2 aromatic heterocycles. The molecule has 0 bridgehead atoms. The van der Waals surface area contributed by atoms with Gasteiger partial charge >= 0.3 is 0 Å². The normalized spacial score (nSPS) is 11.7. The minimum Gasteiger partial charge on any atom is -0.354 e. The van der Waals surface area contributed by atoms with Gasteiger partial charge in [-0.05, 0) is 112 Å². The number of aromatic nitrogens is 1. The van der Waals surface area contributed by atoms with Crippen LogP contribution in [0.5, 0.6) is 0 Å². The van der Waals surface area contributed by atoms with E-state index in [4.69, 9.17) is 0 Å². The lowest BCUT2D eigenvalue weighted by Crippen LogP contribution is -2.10. The SMILES string of the molecule is c1ccc(N(c2ccccc2)c2ccc3c(c2)sc2cc(-c4cc(N(c5ccc6ccccc6c5)c5ccc6ccccc6c5)cc5c4[nH]c4ccccc45)ccc23)cc1. The Hall–Kier alpha value is -7.66. The summed E-state index contributed by atoms with van der Waals surface area (Å²) in [6.45, 7) is 0. The van der Waals surface area contributed by atoms with E-state index in [1.54, 1.807) is 0 Å². The van der Waals surface area contributed by atoms with Crippen LogP contribution in [0.25, 0.3) is 74.6 Å². The molecule has 0 atom stereocenters. The number of nitrogens with zero attached hydrogens (tertiary/aromatic N) is 2. The first-order valence-corrected chi connectivity index (χ1v) is 21.2. The minimum absolute atomic E-state index is 1.11. The van der Waals surface area contributed by atoms with E-state index in [0.29, 0.717) is 0 Å². The van der Waals surface area contributed by atoms with Crippen LogP contribution in [0, 0.1) is 0 Å². The van der Waals surface area contributed by atoms with Crippen LogP contribution in [0.2, 0.25) is 0 Å². The molecule has 0 spiro atoms. The van der Waals surface area contributed by atoms with Gasteiger partial charge in [0.25, 0.3) is 0 Å². The van der Waals surface area contributed by atoms with Crippen molar-refractivity contribution in [1.82, 2.24) is 4.98 Å². The highest BCUT2D eigenvalue weighted by atomic mass is 32.1. The maximum Gasteiger partial charge on any atom is 0.0546 e. The lowest BCUT2D eigenvalue weighted by atomic mass is 9.98. The Bertz CT molecular complexity index is 3450. The molecule has 0 fully saturated rings. The second-order valence-electron chi connectivity index (χ2n) is 15.5. The summed E-state index contributed by atoms with van der Waals surface area (Å²) >= 11 is 1.86. The van der Waals surface area contributed by atoms with Gasteiger partial charge in [-0.3, -0.25) is 0 Å².